The molecule has 2 aromatic carbocycles. The van der Waals surface area contributed by atoms with Crippen LogP contribution in [0.1, 0.15) is 29.8 Å². The molecule has 3 N–H and O–H groups in total. The van der Waals surface area contributed by atoms with E-state index in [0.29, 0.717) is 24.8 Å². The first kappa shape index (κ1) is 22.4. The zero-order chi connectivity index (χ0) is 20.1. The zero-order valence-corrected chi connectivity index (χ0v) is 16.0. The molecule has 27 heavy (non-hydrogen) atoms. The third-order valence-corrected chi connectivity index (χ3v) is 3.55. The van der Waals surface area contributed by atoms with E-state index in [1.807, 2.05) is 44.2 Å². The van der Waals surface area contributed by atoms with Crippen LogP contribution >= 0.6 is 0 Å². The quantitative estimate of drug-likeness (QED) is 0.588. The van der Waals surface area contributed by atoms with Gasteiger partial charge in [-0.25, -0.2) is 4.79 Å². The topological polar surface area (TPSA) is 78.8 Å². The molecule has 0 amide bonds. The Hall–Kier alpha value is -2.63. The molecule has 5 nitrogen and oxygen atoms in total. The lowest BCUT2D eigenvalue weighted by atomic mass is 10.1. The minimum absolute atomic E-state index is 0.299. The van der Waals surface area contributed by atoms with Crippen LogP contribution in [0, 0.1) is 0 Å². The molecule has 0 aliphatic heterocycles. The highest BCUT2D eigenvalue weighted by molar-refractivity contribution is 5.87. The second-order valence-electron chi connectivity index (χ2n) is 6.30. The van der Waals surface area contributed by atoms with Crippen molar-refractivity contribution < 1.29 is 19.7 Å². The molecular weight excluding hydrogens is 342 g/mol. The number of rotatable bonds is 9. The molecule has 0 spiro atoms. The van der Waals surface area contributed by atoms with Crippen LogP contribution in [0.3, 0.4) is 0 Å². The van der Waals surface area contributed by atoms with Gasteiger partial charge in [-0.2, -0.15) is 0 Å². The van der Waals surface area contributed by atoms with Crippen LogP contribution in [-0.2, 0) is 6.42 Å². The highest BCUT2D eigenvalue weighted by atomic mass is 16.5. The standard InChI is InChI=1S/C15H23NO2.C7H6O2/c1-4-7-13-8-5-6-9-15(13)18-11-14(17)10-16-12(2)3;8-7(9)6-4-2-1-3-5-6/h4-6,8-9,12,14,16-17H,1,7,10-11H2,2-3H3;1-5H,(H,8,9)/t14-;/m0./s1. The molecule has 2 rings (SSSR count). The predicted octanol–water partition coefficient (Wildman–Crippen LogP) is 3.54. The largest absolute Gasteiger partial charge is 0.491 e. The van der Waals surface area contributed by atoms with Gasteiger partial charge in [-0.3, -0.25) is 0 Å². The van der Waals surface area contributed by atoms with Crippen LogP contribution in [0.25, 0.3) is 0 Å². The second-order valence-corrected chi connectivity index (χ2v) is 6.30. The zero-order valence-electron chi connectivity index (χ0n) is 16.0. The van der Waals surface area contributed by atoms with Gasteiger partial charge in [-0.05, 0) is 30.2 Å². The van der Waals surface area contributed by atoms with Crippen LogP contribution in [0.15, 0.2) is 67.3 Å². The lowest BCUT2D eigenvalue weighted by Gasteiger charge is -2.16. The second kappa shape index (κ2) is 12.7. The fraction of sp³-hybridized carbons (Fsp3) is 0.318. The third kappa shape index (κ3) is 9.58. The summed E-state index contributed by atoms with van der Waals surface area (Å²) in [5.74, 6) is -0.0587. The summed E-state index contributed by atoms with van der Waals surface area (Å²) in [4.78, 5) is 10.2. The Kier molecular flexibility index (Phi) is 10.5. The molecule has 2 aromatic rings. The molecular formula is C22H29NO4. The highest BCUT2D eigenvalue weighted by Gasteiger charge is 2.07. The number of hydrogen-bond donors (Lipinski definition) is 3. The molecule has 0 aromatic heterocycles. The normalized spacial score (nSPS) is 11.3. The molecule has 0 unspecified atom stereocenters. The molecule has 1 atom stereocenters. The van der Waals surface area contributed by atoms with E-state index in [1.54, 1.807) is 30.3 Å². The van der Waals surface area contributed by atoms with Crippen molar-refractivity contribution >= 4 is 5.97 Å². The SMILES string of the molecule is C=CCc1ccccc1OC[C@@H](O)CNC(C)C.O=C(O)c1ccccc1. The number of carbonyl (C=O) groups is 1. The van der Waals surface area contributed by atoms with E-state index in [9.17, 15) is 9.90 Å². The van der Waals surface area contributed by atoms with Gasteiger partial charge >= 0.3 is 5.97 Å². The van der Waals surface area contributed by atoms with Crippen LogP contribution in [-0.4, -0.2) is 41.5 Å². The fourth-order valence-electron chi connectivity index (χ4n) is 2.17. The summed E-state index contributed by atoms with van der Waals surface area (Å²) in [7, 11) is 0. The number of hydrogen-bond acceptors (Lipinski definition) is 4. The summed E-state index contributed by atoms with van der Waals surface area (Å²) < 4.78 is 5.65. The van der Waals surface area contributed by atoms with E-state index < -0.39 is 12.1 Å². The smallest absolute Gasteiger partial charge is 0.335 e. The van der Waals surface area contributed by atoms with E-state index >= 15 is 0 Å². The molecule has 0 saturated carbocycles. The van der Waals surface area contributed by atoms with Gasteiger partial charge in [0.1, 0.15) is 18.5 Å². The lowest BCUT2D eigenvalue weighted by molar-refractivity contribution is 0.0697. The first-order valence-corrected chi connectivity index (χ1v) is 8.95. The van der Waals surface area contributed by atoms with Gasteiger partial charge < -0.3 is 20.3 Å². The number of aliphatic hydroxyl groups excluding tert-OH is 1. The molecule has 0 fully saturated rings. The van der Waals surface area contributed by atoms with Gasteiger partial charge in [0, 0.05) is 12.6 Å². The Morgan fingerprint density at radius 3 is 2.33 bits per heavy atom. The Balaban J connectivity index is 0.000000337. The van der Waals surface area contributed by atoms with Crippen molar-refractivity contribution in [3.63, 3.8) is 0 Å². The fourth-order valence-corrected chi connectivity index (χ4v) is 2.17. The summed E-state index contributed by atoms with van der Waals surface area (Å²) in [6.45, 7) is 8.67. The van der Waals surface area contributed by atoms with Crippen LogP contribution < -0.4 is 10.1 Å². The molecule has 0 heterocycles. The number of benzene rings is 2. The molecule has 5 heteroatoms. The molecule has 0 aliphatic rings. The molecule has 0 aliphatic carbocycles. The number of para-hydroxylation sites is 1. The summed E-state index contributed by atoms with van der Waals surface area (Å²) in [5, 5.41) is 21.3. The van der Waals surface area contributed by atoms with Gasteiger partial charge in [0.2, 0.25) is 0 Å². The number of aromatic carboxylic acids is 1. The highest BCUT2D eigenvalue weighted by Crippen LogP contribution is 2.18. The van der Waals surface area contributed by atoms with Crippen molar-refractivity contribution in [1.29, 1.82) is 0 Å². The maximum atomic E-state index is 10.2. The van der Waals surface area contributed by atoms with E-state index in [0.717, 1.165) is 17.7 Å². The molecule has 0 bridgehead atoms. The Bertz CT molecular complexity index is 686. The number of nitrogens with one attached hydrogen (secondary N) is 1. The van der Waals surface area contributed by atoms with Crippen molar-refractivity contribution in [3.8, 4) is 5.75 Å². The monoisotopic (exact) mass is 371 g/mol. The molecule has 146 valence electrons. The Labute approximate surface area is 161 Å². The van der Waals surface area contributed by atoms with Crippen LogP contribution in [0.5, 0.6) is 5.75 Å². The number of aliphatic hydroxyl groups is 1. The maximum Gasteiger partial charge on any atom is 0.335 e. The summed E-state index contributed by atoms with van der Waals surface area (Å²) >= 11 is 0. The van der Waals surface area contributed by atoms with Gasteiger partial charge in [0.25, 0.3) is 0 Å². The maximum absolute atomic E-state index is 10.2. The average Bonchev–Trinajstić information content (AvgIpc) is 2.67. The predicted molar refractivity (Wildman–Crippen MR) is 108 cm³/mol. The summed E-state index contributed by atoms with van der Waals surface area (Å²) in [6.07, 6.45) is 2.12. The van der Waals surface area contributed by atoms with Gasteiger partial charge in [-0.1, -0.05) is 56.3 Å². The minimum Gasteiger partial charge on any atom is -0.491 e. The van der Waals surface area contributed by atoms with Crippen LogP contribution in [0.2, 0.25) is 0 Å². The average molecular weight is 371 g/mol. The molecule has 0 radical (unpaired) electrons. The van der Waals surface area contributed by atoms with E-state index in [2.05, 4.69) is 11.9 Å². The first-order chi connectivity index (χ1) is 12.9. The van der Waals surface area contributed by atoms with Gasteiger partial charge in [-0.15, -0.1) is 6.58 Å². The summed E-state index contributed by atoms with van der Waals surface area (Å²) in [5.41, 5.74) is 1.43. The molecule has 0 saturated heterocycles. The Morgan fingerprint density at radius 1 is 1.15 bits per heavy atom. The minimum atomic E-state index is -0.879. The van der Waals surface area contributed by atoms with Crippen molar-refractivity contribution in [2.24, 2.45) is 0 Å². The first-order valence-electron chi connectivity index (χ1n) is 8.95. The number of allylic oxidation sites excluding steroid dienone is 1. The van der Waals surface area contributed by atoms with Gasteiger partial charge in [0.05, 0.1) is 5.56 Å². The van der Waals surface area contributed by atoms with E-state index in [4.69, 9.17) is 9.84 Å². The summed E-state index contributed by atoms with van der Waals surface area (Å²) in [6, 6.07) is 16.5. The van der Waals surface area contributed by atoms with Gasteiger partial charge in [0.15, 0.2) is 0 Å². The van der Waals surface area contributed by atoms with E-state index in [-0.39, 0.29) is 0 Å². The van der Waals surface area contributed by atoms with Crippen LogP contribution in [0.4, 0.5) is 0 Å². The number of ether oxygens (including phenoxy) is 1. The van der Waals surface area contributed by atoms with Crippen molar-refractivity contribution in [2.45, 2.75) is 32.4 Å². The van der Waals surface area contributed by atoms with E-state index in [1.165, 1.54) is 0 Å². The van der Waals surface area contributed by atoms with Crippen molar-refractivity contribution in [1.82, 2.24) is 5.32 Å². The van der Waals surface area contributed by atoms with Crippen molar-refractivity contribution in [3.05, 3.63) is 78.4 Å². The lowest BCUT2D eigenvalue weighted by Crippen LogP contribution is -2.35. The Morgan fingerprint density at radius 2 is 1.78 bits per heavy atom. The van der Waals surface area contributed by atoms with Crippen molar-refractivity contribution in [2.75, 3.05) is 13.2 Å². The third-order valence-electron chi connectivity index (χ3n) is 3.55. The number of carboxylic acid groups (broad SMARTS) is 1. The number of carboxylic acids is 1.